The van der Waals surface area contributed by atoms with E-state index in [1.165, 1.54) is 0 Å². The number of phenols is 9. The van der Waals surface area contributed by atoms with E-state index in [-0.39, 0.29) is 0 Å². The minimum atomic E-state index is -1.18. The van der Waals surface area contributed by atoms with Gasteiger partial charge >= 0.3 is 0 Å². The van der Waals surface area contributed by atoms with Crippen LogP contribution in [0, 0.1) is 0 Å². The standard InChI is InChI=1S/C24H15N3O12/c28-10-1-7(2-11(29)19(10)37)16(34)22-25-23(17(35)8-3-12(30)20(38)13(31)4-8)27-24(26-22)18(36)9-5-14(32)21(39)15(33)6-9/h1-6,28-33,37-39H. The van der Waals surface area contributed by atoms with Crippen molar-refractivity contribution in [1.82, 2.24) is 15.0 Å². The molecule has 0 spiro atoms. The maximum Gasteiger partial charge on any atom is 0.230 e. The van der Waals surface area contributed by atoms with Gasteiger partial charge in [-0.1, -0.05) is 0 Å². The Morgan fingerprint density at radius 2 is 0.564 bits per heavy atom. The number of rotatable bonds is 6. The zero-order valence-corrected chi connectivity index (χ0v) is 19.1. The molecule has 0 aliphatic rings. The second kappa shape index (κ2) is 9.40. The molecule has 0 radical (unpaired) electrons. The molecule has 0 saturated carbocycles. The van der Waals surface area contributed by atoms with Crippen LogP contribution in [0.1, 0.15) is 48.5 Å². The molecule has 0 aliphatic carbocycles. The van der Waals surface area contributed by atoms with Crippen molar-refractivity contribution >= 4 is 17.3 Å². The summed E-state index contributed by atoms with van der Waals surface area (Å²) in [5, 5.41) is 87.1. The lowest BCUT2D eigenvalue weighted by molar-refractivity contribution is 0.101. The minimum Gasteiger partial charge on any atom is -0.504 e. The Morgan fingerprint density at radius 3 is 0.744 bits per heavy atom. The molecule has 39 heavy (non-hydrogen) atoms. The van der Waals surface area contributed by atoms with Gasteiger partial charge in [0.25, 0.3) is 0 Å². The minimum absolute atomic E-state index is 0.495. The quantitative estimate of drug-likeness (QED) is 0.122. The molecule has 9 N–H and O–H groups in total. The fourth-order valence-corrected chi connectivity index (χ4v) is 3.27. The third-order valence-electron chi connectivity index (χ3n) is 5.24. The van der Waals surface area contributed by atoms with Crippen molar-refractivity contribution in [3.63, 3.8) is 0 Å². The number of hydrogen-bond donors (Lipinski definition) is 9. The molecule has 4 rings (SSSR count). The van der Waals surface area contributed by atoms with Crippen LogP contribution in [0.25, 0.3) is 0 Å². The normalized spacial score (nSPS) is 10.8. The van der Waals surface area contributed by atoms with E-state index in [0.717, 1.165) is 36.4 Å². The van der Waals surface area contributed by atoms with Gasteiger partial charge in [-0.2, -0.15) is 0 Å². The molecule has 0 amide bonds. The fourth-order valence-electron chi connectivity index (χ4n) is 3.27. The molecule has 1 heterocycles. The average molecular weight is 537 g/mol. The summed E-state index contributed by atoms with van der Waals surface area (Å²) in [6.45, 7) is 0. The van der Waals surface area contributed by atoms with Gasteiger partial charge in [-0.05, 0) is 36.4 Å². The van der Waals surface area contributed by atoms with E-state index < -0.39 is 103 Å². The number of carbonyl (C=O) groups excluding carboxylic acids is 3. The van der Waals surface area contributed by atoms with Crippen LogP contribution in [0.15, 0.2) is 36.4 Å². The largest absolute Gasteiger partial charge is 0.504 e. The molecule has 0 unspecified atom stereocenters. The third-order valence-corrected chi connectivity index (χ3v) is 5.24. The molecule has 198 valence electrons. The van der Waals surface area contributed by atoms with Crippen molar-refractivity contribution < 1.29 is 60.3 Å². The van der Waals surface area contributed by atoms with E-state index in [2.05, 4.69) is 15.0 Å². The summed E-state index contributed by atoms with van der Waals surface area (Å²) in [5.41, 5.74) is -1.48. The lowest BCUT2D eigenvalue weighted by Gasteiger charge is -2.09. The Bertz CT molecular complexity index is 1440. The average Bonchev–Trinajstić information content (AvgIpc) is 2.90. The summed E-state index contributed by atoms with van der Waals surface area (Å²) in [7, 11) is 0. The zero-order chi connectivity index (χ0) is 28.8. The van der Waals surface area contributed by atoms with E-state index in [1.807, 2.05) is 0 Å². The van der Waals surface area contributed by atoms with E-state index in [1.54, 1.807) is 0 Å². The van der Waals surface area contributed by atoms with Crippen molar-refractivity contribution in [3.8, 4) is 51.7 Å². The van der Waals surface area contributed by atoms with Crippen LogP contribution in [-0.4, -0.2) is 78.3 Å². The van der Waals surface area contributed by atoms with Crippen LogP contribution in [0.4, 0.5) is 0 Å². The first-order chi connectivity index (χ1) is 18.3. The molecule has 15 nitrogen and oxygen atoms in total. The highest BCUT2D eigenvalue weighted by Crippen LogP contribution is 2.38. The number of ketones is 3. The summed E-state index contributed by atoms with van der Waals surface area (Å²) >= 11 is 0. The Labute approximate surface area is 215 Å². The summed E-state index contributed by atoms with van der Waals surface area (Å²) in [6, 6.07) is 4.39. The van der Waals surface area contributed by atoms with E-state index in [0.29, 0.717) is 0 Å². The molecule has 0 fully saturated rings. The van der Waals surface area contributed by atoms with Crippen molar-refractivity contribution in [2.75, 3.05) is 0 Å². The Hall–Kier alpha value is -6.12. The summed E-state index contributed by atoms with van der Waals surface area (Å²) in [5.74, 6) is -14.4. The lowest BCUT2D eigenvalue weighted by Crippen LogP contribution is -2.20. The smallest absolute Gasteiger partial charge is 0.230 e. The number of carbonyl (C=O) groups is 3. The number of hydrogen-bond acceptors (Lipinski definition) is 15. The van der Waals surface area contributed by atoms with Crippen molar-refractivity contribution in [2.24, 2.45) is 0 Å². The summed E-state index contributed by atoms with van der Waals surface area (Å²) in [6.07, 6.45) is 0. The zero-order valence-electron chi connectivity index (χ0n) is 19.1. The third kappa shape index (κ3) is 4.69. The number of nitrogens with zero attached hydrogens (tertiary/aromatic N) is 3. The monoisotopic (exact) mass is 537 g/mol. The van der Waals surface area contributed by atoms with Crippen LogP contribution in [0.5, 0.6) is 51.7 Å². The number of aromatic hydroxyl groups is 9. The molecule has 0 bridgehead atoms. The molecule has 0 aliphatic heterocycles. The maximum absolute atomic E-state index is 13.1. The van der Waals surface area contributed by atoms with Gasteiger partial charge in [0.15, 0.2) is 51.7 Å². The molecule has 3 aromatic carbocycles. The highest BCUT2D eigenvalue weighted by Gasteiger charge is 2.27. The molecular formula is C24H15N3O12. The van der Waals surface area contributed by atoms with Crippen molar-refractivity contribution in [3.05, 3.63) is 70.6 Å². The Morgan fingerprint density at radius 1 is 0.385 bits per heavy atom. The van der Waals surface area contributed by atoms with Crippen LogP contribution in [-0.2, 0) is 0 Å². The highest BCUT2D eigenvalue weighted by molar-refractivity contribution is 6.12. The number of phenolic OH excluding ortho intramolecular Hbond substituents is 9. The second-order valence-corrected chi connectivity index (χ2v) is 7.88. The van der Waals surface area contributed by atoms with Gasteiger partial charge < -0.3 is 46.0 Å². The van der Waals surface area contributed by atoms with Gasteiger partial charge in [0, 0.05) is 16.7 Å². The van der Waals surface area contributed by atoms with Crippen LogP contribution < -0.4 is 0 Å². The van der Waals surface area contributed by atoms with Gasteiger partial charge in [-0.25, -0.2) is 15.0 Å². The van der Waals surface area contributed by atoms with Gasteiger partial charge in [0.2, 0.25) is 34.8 Å². The molecule has 1 aromatic heterocycles. The molecule has 15 heteroatoms. The van der Waals surface area contributed by atoms with Crippen molar-refractivity contribution in [2.45, 2.75) is 0 Å². The summed E-state index contributed by atoms with van der Waals surface area (Å²) in [4.78, 5) is 50.4. The van der Waals surface area contributed by atoms with Gasteiger partial charge in [-0.3, -0.25) is 14.4 Å². The molecule has 0 atom stereocenters. The van der Waals surface area contributed by atoms with E-state index >= 15 is 0 Å². The van der Waals surface area contributed by atoms with Crippen LogP contribution in [0.3, 0.4) is 0 Å². The fraction of sp³-hybridized carbons (Fsp3) is 0. The van der Waals surface area contributed by atoms with Crippen LogP contribution >= 0.6 is 0 Å². The first kappa shape index (κ1) is 26.0. The SMILES string of the molecule is O=C(c1cc(O)c(O)c(O)c1)c1nc(C(=O)c2cc(O)c(O)c(O)c2)nc(C(=O)c2cc(O)c(O)c(O)c2)n1. The molecule has 0 saturated heterocycles. The number of aromatic nitrogens is 3. The number of benzene rings is 3. The predicted octanol–water partition coefficient (Wildman–Crippen LogP) is 0.915. The second-order valence-electron chi connectivity index (χ2n) is 7.88. The molecular weight excluding hydrogens is 522 g/mol. The first-order valence-corrected chi connectivity index (χ1v) is 10.4. The van der Waals surface area contributed by atoms with Gasteiger partial charge in [0.1, 0.15) is 0 Å². The van der Waals surface area contributed by atoms with Gasteiger partial charge in [-0.15, -0.1) is 0 Å². The maximum atomic E-state index is 13.1. The lowest BCUT2D eigenvalue weighted by atomic mass is 10.1. The Balaban J connectivity index is 1.90. The van der Waals surface area contributed by atoms with Gasteiger partial charge in [0.05, 0.1) is 0 Å². The molecule has 4 aromatic rings. The van der Waals surface area contributed by atoms with E-state index in [9.17, 15) is 60.3 Å². The topological polar surface area (TPSA) is 272 Å². The predicted molar refractivity (Wildman–Crippen MR) is 124 cm³/mol. The van der Waals surface area contributed by atoms with E-state index in [4.69, 9.17) is 0 Å². The van der Waals surface area contributed by atoms with Crippen molar-refractivity contribution in [1.29, 1.82) is 0 Å². The Kier molecular flexibility index (Phi) is 6.25. The summed E-state index contributed by atoms with van der Waals surface area (Å²) < 4.78 is 0. The first-order valence-electron chi connectivity index (χ1n) is 10.4. The van der Waals surface area contributed by atoms with Crippen LogP contribution in [0.2, 0.25) is 0 Å². The highest BCUT2D eigenvalue weighted by atomic mass is 16.3.